The monoisotopic (exact) mass is 631 g/mol. The lowest BCUT2D eigenvalue weighted by Crippen LogP contribution is -2.58. The van der Waals surface area contributed by atoms with Gasteiger partial charge in [0.05, 0.1) is 12.7 Å². The minimum Gasteiger partial charge on any atom is -0.480 e. The largest absolute Gasteiger partial charge is 0.480 e. The molecule has 3 N–H and O–H groups in total. The summed E-state index contributed by atoms with van der Waals surface area (Å²) in [6.45, 7) is 2.51. The number of carboxylic acid groups (broad SMARTS) is 1. The maximum absolute atomic E-state index is 14.6. The molecule has 3 saturated carbocycles. The van der Waals surface area contributed by atoms with Gasteiger partial charge in [0.25, 0.3) is 0 Å². The van der Waals surface area contributed by atoms with E-state index in [1.165, 1.54) is 6.42 Å². The highest BCUT2D eigenvalue weighted by Crippen LogP contribution is 2.37. The van der Waals surface area contributed by atoms with Crippen LogP contribution in [-0.2, 0) is 30.5 Å². The Hall–Kier alpha value is -3.46. The highest BCUT2D eigenvalue weighted by Gasteiger charge is 2.54. The summed E-state index contributed by atoms with van der Waals surface area (Å²) in [5.41, 5.74) is -0.240. The predicted molar refractivity (Wildman–Crippen MR) is 175 cm³/mol. The van der Waals surface area contributed by atoms with E-state index in [-0.39, 0.29) is 36.6 Å². The molecule has 0 bridgehead atoms. The van der Waals surface area contributed by atoms with Crippen molar-refractivity contribution in [3.8, 4) is 0 Å². The first-order valence-electron chi connectivity index (χ1n) is 17.5. The van der Waals surface area contributed by atoms with Crippen LogP contribution in [0.25, 0.3) is 10.8 Å². The molecule has 0 radical (unpaired) electrons. The van der Waals surface area contributed by atoms with Crippen molar-refractivity contribution in [1.29, 1.82) is 0 Å². The lowest BCUT2D eigenvalue weighted by atomic mass is 9.79. The van der Waals surface area contributed by atoms with Gasteiger partial charge >= 0.3 is 5.97 Å². The van der Waals surface area contributed by atoms with E-state index in [1.807, 2.05) is 31.2 Å². The topological polar surface area (TPSA) is 125 Å². The van der Waals surface area contributed by atoms with Crippen molar-refractivity contribution in [2.24, 2.45) is 17.8 Å². The molecule has 4 aliphatic rings. The average molecular weight is 632 g/mol. The summed E-state index contributed by atoms with van der Waals surface area (Å²) < 4.78 is 6.40. The van der Waals surface area contributed by atoms with Gasteiger partial charge in [0, 0.05) is 18.9 Å². The van der Waals surface area contributed by atoms with Gasteiger partial charge in [0.1, 0.15) is 17.6 Å². The fraction of sp³-hybridized carbons (Fsp3) is 0.622. The molecule has 9 heteroatoms. The highest BCUT2D eigenvalue weighted by atomic mass is 16.5. The van der Waals surface area contributed by atoms with Crippen LogP contribution >= 0.6 is 0 Å². The fourth-order valence-electron chi connectivity index (χ4n) is 8.03. The van der Waals surface area contributed by atoms with Crippen molar-refractivity contribution < 1.29 is 29.0 Å². The molecule has 1 saturated heterocycles. The first-order valence-corrected chi connectivity index (χ1v) is 17.5. The molecule has 4 atom stereocenters. The predicted octanol–water partition coefficient (Wildman–Crippen LogP) is 5.34. The summed E-state index contributed by atoms with van der Waals surface area (Å²) in [5, 5.41) is 17.9. The zero-order valence-electron chi connectivity index (χ0n) is 27.0. The molecule has 248 valence electrons. The van der Waals surface area contributed by atoms with Crippen molar-refractivity contribution in [2.45, 2.75) is 121 Å². The number of nitrogens with one attached hydrogen (secondary N) is 2. The summed E-state index contributed by atoms with van der Waals surface area (Å²) in [4.78, 5) is 55.5. The zero-order chi connectivity index (χ0) is 32.3. The summed E-state index contributed by atoms with van der Waals surface area (Å²) >= 11 is 0. The number of benzene rings is 2. The third-order valence-corrected chi connectivity index (χ3v) is 11.2. The Morgan fingerprint density at radius 1 is 0.913 bits per heavy atom. The van der Waals surface area contributed by atoms with Gasteiger partial charge in [-0.1, -0.05) is 87.9 Å². The number of nitrogens with zero attached hydrogens (tertiary/aromatic N) is 1. The van der Waals surface area contributed by atoms with Crippen LogP contribution in [0, 0.1) is 17.8 Å². The number of hydrogen-bond donors (Lipinski definition) is 3. The van der Waals surface area contributed by atoms with Crippen LogP contribution in [0.5, 0.6) is 0 Å². The van der Waals surface area contributed by atoms with Crippen molar-refractivity contribution in [1.82, 2.24) is 15.5 Å². The Bertz CT molecular complexity index is 1420. The lowest BCUT2D eigenvalue weighted by molar-refractivity contribution is -0.146. The molecule has 1 heterocycles. The van der Waals surface area contributed by atoms with E-state index in [0.29, 0.717) is 25.4 Å². The van der Waals surface area contributed by atoms with E-state index in [1.54, 1.807) is 4.90 Å². The van der Waals surface area contributed by atoms with Gasteiger partial charge in [-0.25, -0.2) is 4.79 Å². The summed E-state index contributed by atoms with van der Waals surface area (Å²) in [6, 6.07) is 12.6. The number of hydrogen-bond acceptors (Lipinski definition) is 5. The third-order valence-electron chi connectivity index (χ3n) is 11.2. The number of carbonyl (C=O) groups is 4. The number of carbonyl (C=O) groups excluding carboxylic acids is 3. The number of ether oxygens (including phenoxy) is 1. The normalized spacial score (nSPS) is 24.7. The zero-order valence-corrected chi connectivity index (χ0v) is 27.0. The van der Waals surface area contributed by atoms with Crippen LogP contribution in [-0.4, -0.2) is 64.0 Å². The van der Waals surface area contributed by atoms with Gasteiger partial charge in [-0.15, -0.1) is 0 Å². The molecule has 46 heavy (non-hydrogen) atoms. The maximum atomic E-state index is 14.6. The molecule has 0 spiro atoms. The SMILES string of the molecule is CC(C(=O)N[C@H](C(=O)N1C[C@H](OCc2cccc3ccccc23)C[C@H]1C(=O)NC1(C(=O)O)CC1)C1CCCCC1)C1CCCCC1. The standard InChI is InChI=1S/C37H49N3O6/c1-24(25-11-4-2-5-12-25)33(41)38-32(27-14-6-3-7-15-27)35(43)40-22-29(21-31(40)34(42)39-37(19-20-37)36(44)45)46-23-28-17-10-16-26-13-8-9-18-30(26)28/h8-10,13,16-18,24-25,27,29,31-32H,2-7,11-12,14-15,19-23H2,1H3,(H,38,41)(H,39,42)(H,44,45)/t24?,29-,31+,32+/m1/s1. The Morgan fingerprint density at radius 2 is 1.57 bits per heavy atom. The van der Waals surface area contributed by atoms with Gasteiger partial charge in [0.2, 0.25) is 17.7 Å². The van der Waals surface area contributed by atoms with Crippen LogP contribution in [0.4, 0.5) is 0 Å². The molecule has 3 amide bonds. The van der Waals surface area contributed by atoms with Crippen LogP contribution in [0.15, 0.2) is 42.5 Å². The minimum absolute atomic E-state index is 0.00286. The van der Waals surface area contributed by atoms with Crippen molar-refractivity contribution in [2.75, 3.05) is 6.54 Å². The van der Waals surface area contributed by atoms with E-state index in [2.05, 4.69) is 28.8 Å². The van der Waals surface area contributed by atoms with E-state index in [0.717, 1.165) is 74.1 Å². The van der Waals surface area contributed by atoms with Gasteiger partial charge < -0.3 is 25.4 Å². The number of amides is 3. The molecule has 3 aliphatic carbocycles. The lowest BCUT2D eigenvalue weighted by Gasteiger charge is -2.36. The molecule has 6 rings (SSSR count). The van der Waals surface area contributed by atoms with E-state index in [9.17, 15) is 24.3 Å². The van der Waals surface area contributed by atoms with Gasteiger partial charge in [-0.2, -0.15) is 0 Å². The number of likely N-dealkylation sites (tertiary alicyclic amines) is 1. The molecule has 9 nitrogen and oxygen atoms in total. The Balaban J connectivity index is 1.22. The van der Waals surface area contributed by atoms with E-state index < -0.39 is 35.6 Å². The molecule has 4 fully saturated rings. The van der Waals surface area contributed by atoms with Crippen LogP contribution in [0.1, 0.15) is 96.0 Å². The maximum Gasteiger partial charge on any atom is 0.329 e. The Kier molecular flexibility index (Phi) is 9.97. The summed E-state index contributed by atoms with van der Waals surface area (Å²) in [7, 11) is 0. The van der Waals surface area contributed by atoms with Crippen LogP contribution in [0.3, 0.4) is 0 Å². The van der Waals surface area contributed by atoms with Crippen molar-refractivity contribution >= 4 is 34.5 Å². The molecule has 2 aromatic rings. The number of rotatable bonds is 11. The third kappa shape index (κ3) is 7.09. The average Bonchev–Trinajstić information content (AvgIpc) is 3.75. The van der Waals surface area contributed by atoms with E-state index in [4.69, 9.17) is 4.74 Å². The van der Waals surface area contributed by atoms with Crippen molar-refractivity contribution in [3.63, 3.8) is 0 Å². The fourth-order valence-corrected chi connectivity index (χ4v) is 8.03. The molecule has 1 unspecified atom stereocenters. The van der Waals surface area contributed by atoms with E-state index >= 15 is 0 Å². The first-order chi connectivity index (χ1) is 22.3. The Morgan fingerprint density at radius 3 is 2.24 bits per heavy atom. The number of carboxylic acids is 1. The quantitative estimate of drug-likeness (QED) is 0.308. The minimum atomic E-state index is -1.26. The van der Waals surface area contributed by atoms with Crippen LogP contribution in [0.2, 0.25) is 0 Å². The number of aliphatic carboxylic acids is 1. The molecule has 1 aliphatic heterocycles. The summed E-state index contributed by atoms with van der Waals surface area (Å²) in [5.74, 6) is -1.72. The van der Waals surface area contributed by atoms with Crippen LogP contribution < -0.4 is 10.6 Å². The second-order valence-corrected chi connectivity index (χ2v) is 14.3. The molecule has 2 aromatic carbocycles. The second kappa shape index (κ2) is 14.1. The first kappa shape index (κ1) is 32.5. The number of fused-ring (bicyclic) bond motifs is 1. The van der Waals surface area contributed by atoms with Gasteiger partial charge in [0.15, 0.2) is 0 Å². The van der Waals surface area contributed by atoms with Crippen molar-refractivity contribution in [3.05, 3.63) is 48.0 Å². The second-order valence-electron chi connectivity index (χ2n) is 14.3. The smallest absolute Gasteiger partial charge is 0.329 e. The van der Waals surface area contributed by atoms with Gasteiger partial charge in [-0.05, 0) is 66.7 Å². The molecular formula is C37H49N3O6. The van der Waals surface area contributed by atoms with Gasteiger partial charge in [-0.3, -0.25) is 14.4 Å². The molecular weight excluding hydrogens is 582 g/mol. The summed E-state index contributed by atoms with van der Waals surface area (Å²) in [6.07, 6.45) is 11.0. The highest BCUT2D eigenvalue weighted by molar-refractivity contribution is 5.96. The Labute approximate surface area is 271 Å². The molecule has 0 aromatic heterocycles.